The van der Waals surface area contributed by atoms with Gasteiger partial charge in [-0.05, 0) is 66.2 Å². The van der Waals surface area contributed by atoms with Crippen molar-refractivity contribution in [1.82, 2.24) is 4.72 Å². The molecule has 0 aliphatic rings. The van der Waals surface area contributed by atoms with Gasteiger partial charge in [-0.3, -0.25) is 4.57 Å². The topological polar surface area (TPSA) is 73.9 Å². The predicted molar refractivity (Wildman–Crippen MR) is 124 cm³/mol. The van der Waals surface area contributed by atoms with Crippen molar-refractivity contribution in [2.75, 3.05) is 26.0 Å². The Morgan fingerprint density at radius 1 is 1.03 bits per heavy atom. The summed E-state index contributed by atoms with van der Waals surface area (Å²) in [5, 5.41) is 0. The highest BCUT2D eigenvalue weighted by molar-refractivity contribution is 9.10. The van der Waals surface area contributed by atoms with E-state index in [0.717, 1.165) is 10.0 Å². The molecule has 0 spiro atoms. The lowest BCUT2D eigenvalue weighted by atomic mass is 10.1. The lowest BCUT2D eigenvalue weighted by molar-refractivity contribution is -0.168. The van der Waals surface area contributed by atoms with Crippen molar-refractivity contribution in [3.63, 3.8) is 0 Å². The molecule has 168 valence electrons. The third kappa shape index (κ3) is 7.53. The van der Waals surface area contributed by atoms with Gasteiger partial charge in [0.15, 0.2) is 0 Å². The van der Waals surface area contributed by atoms with E-state index in [1.165, 1.54) is 0 Å². The van der Waals surface area contributed by atoms with Gasteiger partial charge in [-0.25, -0.2) is 8.93 Å². The van der Waals surface area contributed by atoms with Crippen LogP contribution in [0.4, 0.5) is 0 Å². The Morgan fingerprint density at radius 2 is 1.55 bits per heavy atom. The second-order valence-corrected chi connectivity index (χ2v) is 13.3. The first kappa shape index (κ1) is 27.0. The smallest absolute Gasteiger partial charge is 0.262 e. The van der Waals surface area contributed by atoms with Gasteiger partial charge in [-0.1, -0.05) is 28.1 Å². The van der Waals surface area contributed by atoms with Gasteiger partial charge in [0, 0.05) is 17.7 Å². The van der Waals surface area contributed by atoms with Gasteiger partial charge < -0.3 is 14.0 Å². The first-order valence-corrected chi connectivity index (χ1v) is 13.6. The zero-order chi connectivity index (χ0) is 22.3. The highest BCUT2D eigenvalue weighted by atomic mass is 79.9. The summed E-state index contributed by atoms with van der Waals surface area (Å²) in [5.74, 6) is 0. The maximum Gasteiger partial charge on any atom is 0.262 e. The molecule has 0 saturated carbocycles. The Kier molecular flexibility index (Phi) is 10.7. The monoisotopic (exact) mass is 511 g/mol. The molecule has 1 rings (SSSR count). The largest absolute Gasteiger partial charge is 0.342 e. The minimum Gasteiger partial charge on any atom is -0.342 e. The lowest BCUT2D eigenvalue weighted by Gasteiger charge is -2.38. The van der Waals surface area contributed by atoms with Gasteiger partial charge in [-0.2, -0.15) is 0 Å². The van der Waals surface area contributed by atoms with Crippen molar-refractivity contribution in [2.45, 2.75) is 64.8 Å². The number of nitrogens with one attached hydrogen (secondary N) is 1. The Hall–Kier alpha value is -0.0800. The molecule has 0 amide bonds. The van der Waals surface area contributed by atoms with Gasteiger partial charge in [0.05, 0.1) is 34.5 Å². The van der Waals surface area contributed by atoms with Crippen LogP contribution in [0.5, 0.6) is 0 Å². The molecule has 29 heavy (non-hydrogen) atoms. The number of halogens is 1. The molecule has 0 aromatic heterocycles. The van der Waals surface area contributed by atoms with Crippen LogP contribution in [0.2, 0.25) is 0 Å². The molecule has 0 saturated heterocycles. The van der Waals surface area contributed by atoms with Crippen LogP contribution in [0.15, 0.2) is 28.7 Å². The minimum absolute atomic E-state index is 0.0841. The van der Waals surface area contributed by atoms with E-state index >= 15 is 0 Å². The molecule has 0 radical (unpaired) electrons. The van der Waals surface area contributed by atoms with Gasteiger partial charge in [0.2, 0.25) is 5.53 Å². The Bertz CT molecular complexity index is 702. The van der Waals surface area contributed by atoms with Crippen LogP contribution in [0.25, 0.3) is 0 Å². The molecular formula is C20H35BrNO5PS. The lowest BCUT2D eigenvalue weighted by Crippen LogP contribution is -2.40. The number of hydrogen-bond acceptors (Lipinski definition) is 5. The van der Waals surface area contributed by atoms with E-state index in [0.29, 0.717) is 13.2 Å². The number of hydrogen-bond donors (Lipinski definition) is 1. The van der Waals surface area contributed by atoms with Crippen LogP contribution >= 0.6 is 23.3 Å². The summed E-state index contributed by atoms with van der Waals surface area (Å²) < 4.78 is 47.9. The summed E-state index contributed by atoms with van der Waals surface area (Å²) in [4.78, 5) is 0. The summed E-state index contributed by atoms with van der Waals surface area (Å²) >= 11 is 3.44. The van der Waals surface area contributed by atoms with E-state index in [4.69, 9.17) is 14.0 Å². The zero-order valence-electron chi connectivity index (χ0n) is 18.5. The van der Waals surface area contributed by atoms with E-state index in [2.05, 4.69) is 20.7 Å². The molecular weight excluding hydrogens is 477 g/mol. The Balaban J connectivity index is 3.38. The fraction of sp³-hybridized carbons (Fsp3) is 0.700. The van der Waals surface area contributed by atoms with Crippen molar-refractivity contribution in [3.05, 3.63) is 34.3 Å². The second kappa shape index (κ2) is 11.5. The van der Waals surface area contributed by atoms with Gasteiger partial charge in [-0.15, -0.1) is 0 Å². The van der Waals surface area contributed by atoms with Crippen LogP contribution in [-0.4, -0.2) is 40.5 Å². The van der Waals surface area contributed by atoms with Crippen molar-refractivity contribution in [1.29, 1.82) is 0 Å². The van der Waals surface area contributed by atoms with Crippen LogP contribution in [-0.2, 0) is 29.5 Å². The molecule has 6 nitrogen and oxygen atoms in total. The van der Waals surface area contributed by atoms with Gasteiger partial charge in [0.1, 0.15) is 0 Å². The molecule has 0 aliphatic heterocycles. The summed E-state index contributed by atoms with van der Waals surface area (Å²) in [6.45, 7) is 13.7. The first-order valence-electron chi connectivity index (χ1n) is 9.87. The molecule has 1 aromatic carbocycles. The van der Waals surface area contributed by atoms with E-state index in [1.807, 2.05) is 58.9 Å². The molecule has 0 fully saturated rings. The standard InChI is InChI=1S/C20H35BrNO5PS/c1-8-25-20(7,26-9-2)28(23,27-10-3)15-18(22-29(24)19(4,5)6)16-11-13-17(21)14-12-16/h11-14,18,22H,8-10,15H2,1-7H3/t18-,28+,29-/m0/s1. The summed E-state index contributed by atoms with van der Waals surface area (Å²) in [6, 6.07) is 7.16. The number of ether oxygens (including phenoxy) is 2. The molecule has 0 unspecified atom stereocenters. The normalized spacial score (nSPS) is 17.0. The second-order valence-electron chi connectivity index (χ2n) is 7.64. The summed E-state index contributed by atoms with van der Waals surface area (Å²) in [6.07, 6.45) is 0.0841. The van der Waals surface area contributed by atoms with Gasteiger partial charge >= 0.3 is 0 Å². The number of rotatable bonds is 12. The Morgan fingerprint density at radius 3 is 1.97 bits per heavy atom. The third-order valence-corrected chi connectivity index (χ3v) is 9.44. The Labute approximate surface area is 186 Å². The molecule has 3 atom stereocenters. The van der Waals surface area contributed by atoms with Crippen molar-refractivity contribution in [2.24, 2.45) is 0 Å². The van der Waals surface area contributed by atoms with Crippen molar-refractivity contribution < 1.29 is 22.8 Å². The summed E-state index contributed by atoms with van der Waals surface area (Å²) in [5.41, 5.74) is -0.522. The van der Waals surface area contributed by atoms with Crippen LogP contribution < -0.4 is 4.72 Å². The quantitative estimate of drug-likeness (QED) is 0.292. The van der Waals surface area contributed by atoms with Crippen LogP contribution in [0, 0.1) is 0 Å². The molecule has 1 N–H and O–H groups in total. The summed E-state index contributed by atoms with van der Waals surface area (Å²) in [7, 11) is -4.84. The maximum atomic E-state index is 14.1. The zero-order valence-corrected chi connectivity index (χ0v) is 21.8. The third-order valence-electron chi connectivity index (χ3n) is 4.28. The molecule has 9 heteroatoms. The first-order chi connectivity index (χ1) is 13.4. The van der Waals surface area contributed by atoms with E-state index in [1.54, 1.807) is 13.8 Å². The van der Waals surface area contributed by atoms with Crippen LogP contribution in [0.1, 0.15) is 60.1 Å². The fourth-order valence-electron chi connectivity index (χ4n) is 2.77. The average Bonchev–Trinajstić information content (AvgIpc) is 2.61. The van der Waals surface area contributed by atoms with E-state index in [9.17, 15) is 8.77 Å². The average molecular weight is 512 g/mol. The SMILES string of the molecule is CCOC(C)(OCC)[P@@](=O)(C[C@H](N[S@@](=O)C(C)(C)C)c1ccc(Br)cc1)OCC. The molecule has 0 heterocycles. The highest BCUT2D eigenvalue weighted by Gasteiger charge is 2.49. The molecule has 0 bridgehead atoms. The predicted octanol–water partition coefficient (Wildman–Crippen LogP) is 5.60. The minimum atomic E-state index is -3.47. The van der Waals surface area contributed by atoms with Crippen LogP contribution in [0.3, 0.4) is 0 Å². The fourth-order valence-corrected chi connectivity index (χ4v) is 6.51. The van der Waals surface area contributed by atoms with Crippen molar-refractivity contribution in [3.8, 4) is 0 Å². The van der Waals surface area contributed by atoms with Gasteiger partial charge in [0.25, 0.3) is 7.37 Å². The molecule has 0 aliphatic carbocycles. The maximum absolute atomic E-state index is 14.1. The van der Waals surface area contributed by atoms with E-state index < -0.39 is 34.7 Å². The molecule has 1 aromatic rings. The highest BCUT2D eigenvalue weighted by Crippen LogP contribution is 2.61. The van der Waals surface area contributed by atoms with E-state index in [-0.39, 0.29) is 12.8 Å². The number of benzene rings is 1. The van der Waals surface area contributed by atoms with Crippen molar-refractivity contribution >= 4 is 34.3 Å².